The first-order valence-corrected chi connectivity index (χ1v) is 6.60. The second kappa shape index (κ2) is 5.21. The number of carbonyl (C=O) groups is 2. The highest BCUT2D eigenvalue weighted by atomic mass is 35.5. The van der Waals surface area contributed by atoms with Gasteiger partial charge in [-0.15, -0.1) is 0 Å². The molecule has 0 radical (unpaired) electrons. The second-order valence-corrected chi connectivity index (χ2v) is 5.61. The van der Waals surface area contributed by atoms with Gasteiger partial charge in [-0.05, 0) is 49.9 Å². The van der Waals surface area contributed by atoms with Crippen molar-refractivity contribution in [1.29, 1.82) is 0 Å². The van der Waals surface area contributed by atoms with E-state index in [9.17, 15) is 9.59 Å². The zero-order valence-electron chi connectivity index (χ0n) is 10.7. The van der Waals surface area contributed by atoms with Gasteiger partial charge >= 0.3 is 5.97 Å². The third-order valence-corrected chi connectivity index (χ3v) is 3.70. The van der Waals surface area contributed by atoms with E-state index in [2.05, 4.69) is 5.32 Å². The van der Waals surface area contributed by atoms with Gasteiger partial charge < -0.3 is 10.4 Å². The second-order valence-electron chi connectivity index (χ2n) is 5.18. The first-order chi connectivity index (χ1) is 8.90. The van der Waals surface area contributed by atoms with Gasteiger partial charge in [0.1, 0.15) is 0 Å². The zero-order valence-corrected chi connectivity index (χ0v) is 11.5. The van der Waals surface area contributed by atoms with Gasteiger partial charge in [0.05, 0.1) is 12.0 Å². The number of aryl methyl sites for hydroxylation is 1. The molecule has 0 bridgehead atoms. The number of carbonyl (C=O) groups excluding carboxylic acids is 1. The van der Waals surface area contributed by atoms with Gasteiger partial charge in [0.2, 0.25) is 0 Å². The number of rotatable bonds is 4. The minimum Gasteiger partial charge on any atom is -0.481 e. The Balaban J connectivity index is 2.13. The maximum atomic E-state index is 12.2. The average Bonchev–Trinajstić information content (AvgIpc) is 2.23. The molecule has 19 heavy (non-hydrogen) atoms. The predicted octanol–water partition coefficient (Wildman–Crippen LogP) is 2.78. The van der Waals surface area contributed by atoms with E-state index in [-0.39, 0.29) is 12.3 Å². The highest BCUT2D eigenvalue weighted by molar-refractivity contribution is 6.31. The summed E-state index contributed by atoms with van der Waals surface area (Å²) in [7, 11) is 0. The summed E-state index contributed by atoms with van der Waals surface area (Å²) in [6.07, 6.45) is 2.34. The largest absolute Gasteiger partial charge is 0.481 e. The first kappa shape index (κ1) is 13.9. The monoisotopic (exact) mass is 281 g/mol. The fourth-order valence-corrected chi connectivity index (χ4v) is 2.71. The smallest absolute Gasteiger partial charge is 0.305 e. The molecule has 0 aromatic heterocycles. The van der Waals surface area contributed by atoms with Crippen LogP contribution in [0.2, 0.25) is 5.02 Å². The van der Waals surface area contributed by atoms with E-state index in [1.807, 2.05) is 6.92 Å². The van der Waals surface area contributed by atoms with Crippen LogP contribution in [-0.2, 0) is 4.79 Å². The number of amides is 1. The van der Waals surface area contributed by atoms with Crippen molar-refractivity contribution in [3.05, 3.63) is 34.3 Å². The van der Waals surface area contributed by atoms with Crippen molar-refractivity contribution in [1.82, 2.24) is 5.32 Å². The number of aliphatic carboxylic acids is 1. The Morgan fingerprint density at radius 2 is 2.05 bits per heavy atom. The number of hydrogen-bond donors (Lipinski definition) is 2. The van der Waals surface area contributed by atoms with Gasteiger partial charge in [-0.2, -0.15) is 0 Å². The van der Waals surface area contributed by atoms with E-state index in [0.717, 1.165) is 12.0 Å². The summed E-state index contributed by atoms with van der Waals surface area (Å²) in [5.74, 6) is -1.14. The van der Waals surface area contributed by atoms with Gasteiger partial charge in [-0.1, -0.05) is 11.6 Å². The molecule has 1 aromatic carbocycles. The molecule has 1 aliphatic rings. The molecule has 2 rings (SSSR count). The lowest BCUT2D eigenvalue weighted by Gasteiger charge is -2.41. The minimum atomic E-state index is -0.887. The van der Waals surface area contributed by atoms with Gasteiger partial charge in [-0.25, -0.2) is 0 Å². The molecular weight excluding hydrogens is 266 g/mol. The third kappa shape index (κ3) is 3.26. The fraction of sp³-hybridized carbons (Fsp3) is 0.429. The molecule has 0 atom stereocenters. The van der Waals surface area contributed by atoms with Crippen molar-refractivity contribution in [2.24, 2.45) is 0 Å². The van der Waals surface area contributed by atoms with E-state index in [4.69, 9.17) is 16.7 Å². The lowest BCUT2D eigenvalue weighted by molar-refractivity contribution is -0.139. The van der Waals surface area contributed by atoms with Crippen LogP contribution in [0.25, 0.3) is 0 Å². The number of hydrogen-bond acceptors (Lipinski definition) is 2. The standard InChI is InChI=1S/C14H16ClNO3/c1-9-5-10(7-11(15)6-9)13(19)16-14(3-2-4-14)8-12(17)18/h5-7H,2-4,8H2,1H3,(H,16,19)(H,17,18). The Labute approximate surface area is 116 Å². The van der Waals surface area contributed by atoms with Crippen molar-refractivity contribution >= 4 is 23.5 Å². The molecule has 0 unspecified atom stereocenters. The molecule has 5 heteroatoms. The van der Waals surface area contributed by atoms with Crippen LogP contribution in [0.4, 0.5) is 0 Å². The van der Waals surface area contributed by atoms with Crippen LogP contribution >= 0.6 is 11.6 Å². The summed E-state index contributed by atoms with van der Waals surface area (Å²) in [6, 6.07) is 5.11. The minimum absolute atomic E-state index is 0.0295. The van der Waals surface area contributed by atoms with Crippen LogP contribution in [0, 0.1) is 6.92 Å². The lowest BCUT2D eigenvalue weighted by atomic mass is 9.74. The van der Waals surface area contributed by atoms with E-state index in [1.165, 1.54) is 0 Å². The topological polar surface area (TPSA) is 66.4 Å². The van der Waals surface area contributed by atoms with Crippen LogP contribution in [0.1, 0.15) is 41.6 Å². The number of carboxylic acids is 1. The highest BCUT2D eigenvalue weighted by Gasteiger charge is 2.40. The van der Waals surface area contributed by atoms with Crippen molar-refractivity contribution in [3.8, 4) is 0 Å². The van der Waals surface area contributed by atoms with Crippen molar-refractivity contribution in [3.63, 3.8) is 0 Å². The maximum Gasteiger partial charge on any atom is 0.305 e. The van der Waals surface area contributed by atoms with Crippen molar-refractivity contribution < 1.29 is 14.7 Å². The molecule has 0 spiro atoms. The molecule has 1 aromatic rings. The van der Waals surface area contributed by atoms with Gasteiger partial charge in [0.25, 0.3) is 5.91 Å². The summed E-state index contributed by atoms with van der Waals surface area (Å²) < 4.78 is 0. The molecule has 2 N–H and O–H groups in total. The summed E-state index contributed by atoms with van der Waals surface area (Å²) >= 11 is 5.92. The van der Waals surface area contributed by atoms with Crippen LogP contribution in [0.3, 0.4) is 0 Å². The highest BCUT2D eigenvalue weighted by Crippen LogP contribution is 2.35. The Morgan fingerprint density at radius 3 is 2.53 bits per heavy atom. The van der Waals surface area contributed by atoms with Crippen molar-refractivity contribution in [2.75, 3.05) is 0 Å². The number of nitrogens with one attached hydrogen (secondary N) is 1. The van der Waals surface area contributed by atoms with Gasteiger partial charge in [0.15, 0.2) is 0 Å². The molecular formula is C14H16ClNO3. The maximum absolute atomic E-state index is 12.2. The summed E-state index contributed by atoms with van der Waals surface area (Å²) in [4.78, 5) is 23.0. The summed E-state index contributed by atoms with van der Waals surface area (Å²) in [5, 5.41) is 12.3. The van der Waals surface area contributed by atoms with Crippen molar-refractivity contribution in [2.45, 2.75) is 38.1 Å². The van der Waals surface area contributed by atoms with E-state index in [1.54, 1.807) is 18.2 Å². The Morgan fingerprint density at radius 1 is 1.37 bits per heavy atom. The van der Waals surface area contributed by atoms with Crippen LogP contribution in [0.5, 0.6) is 0 Å². The quantitative estimate of drug-likeness (QED) is 0.892. The molecule has 0 heterocycles. The number of benzene rings is 1. The first-order valence-electron chi connectivity index (χ1n) is 6.22. The average molecular weight is 282 g/mol. The Bertz CT molecular complexity index is 503. The number of carboxylic acid groups (broad SMARTS) is 1. The molecule has 0 saturated heterocycles. The SMILES string of the molecule is Cc1cc(Cl)cc(C(=O)NC2(CC(=O)O)CCC2)c1. The molecule has 102 valence electrons. The van der Waals surface area contributed by atoms with E-state index in [0.29, 0.717) is 23.4 Å². The van der Waals surface area contributed by atoms with Gasteiger partial charge in [0, 0.05) is 10.6 Å². The molecule has 1 saturated carbocycles. The van der Waals surface area contributed by atoms with Crippen LogP contribution in [0.15, 0.2) is 18.2 Å². The third-order valence-electron chi connectivity index (χ3n) is 3.48. The van der Waals surface area contributed by atoms with E-state index >= 15 is 0 Å². The Hall–Kier alpha value is -1.55. The number of halogens is 1. The van der Waals surface area contributed by atoms with Crippen LogP contribution < -0.4 is 5.32 Å². The van der Waals surface area contributed by atoms with E-state index < -0.39 is 11.5 Å². The fourth-order valence-electron chi connectivity index (χ4n) is 2.42. The molecule has 0 aliphatic heterocycles. The van der Waals surface area contributed by atoms with Gasteiger partial charge in [-0.3, -0.25) is 9.59 Å². The summed E-state index contributed by atoms with van der Waals surface area (Å²) in [6.45, 7) is 1.86. The lowest BCUT2D eigenvalue weighted by Crippen LogP contribution is -2.54. The molecule has 1 amide bonds. The predicted molar refractivity (Wildman–Crippen MR) is 72.5 cm³/mol. The summed E-state index contributed by atoms with van der Waals surface area (Å²) in [5.41, 5.74) is 0.791. The van der Waals surface area contributed by atoms with Crippen LogP contribution in [-0.4, -0.2) is 22.5 Å². The Kier molecular flexibility index (Phi) is 3.80. The molecule has 4 nitrogen and oxygen atoms in total. The zero-order chi connectivity index (χ0) is 14.0. The molecule has 1 aliphatic carbocycles. The normalized spacial score (nSPS) is 16.5. The molecule has 1 fully saturated rings.